The Kier molecular flexibility index (Phi) is 6.24. The molecule has 6 nitrogen and oxygen atoms in total. The van der Waals surface area contributed by atoms with Gasteiger partial charge < -0.3 is 14.8 Å². The molecule has 0 radical (unpaired) electrons. The maximum atomic E-state index is 12.5. The molecule has 0 saturated heterocycles. The normalized spacial score (nSPS) is 10.3. The van der Waals surface area contributed by atoms with E-state index in [2.05, 4.69) is 5.32 Å². The SMILES string of the molecule is Cc1cccc(Nc2ccccc2C(=O)OCOC(=O)c2ccc[n+](C)c2)c1C. The summed E-state index contributed by atoms with van der Waals surface area (Å²) in [6.07, 6.45) is 3.43. The first kappa shape index (κ1) is 20.1. The number of carbonyl (C=O) groups excluding carboxylic acids is 2. The van der Waals surface area contributed by atoms with Gasteiger partial charge in [0.05, 0.1) is 11.3 Å². The fourth-order valence-corrected chi connectivity index (χ4v) is 2.81. The maximum absolute atomic E-state index is 12.5. The Bertz CT molecular complexity index is 1050. The number of anilines is 2. The Balaban J connectivity index is 1.65. The van der Waals surface area contributed by atoms with Gasteiger partial charge in [-0.1, -0.05) is 24.3 Å². The first-order chi connectivity index (χ1) is 14.0. The molecule has 3 aromatic rings. The summed E-state index contributed by atoms with van der Waals surface area (Å²) >= 11 is 0. The van der Waals surface area contributed by atoms with Gasteiger partial charge in [0.1, 0.15) is 12.6 Å². The average molecular weight is 391 g/mol. The molecular weight excluding hydrogens is 368 g/mol. The van der Waals surface area contributed by atoms with E-state index in [0.29, 0.717) is 16.8 Å². The fourth-order valence-electron chi connectivity index (χ4n) is 2.81. The van der Waals surface area contributed by atoms with Crippen LogP contribution in [0.25, 0.3) is 0 Å². The predicted octanol–water partition coefficient (Wildman–Crippen LogP) is 3.84. The van der Waals surface area contributed by atoms with E-state index >= 15 is 0 Å². The molecule has 0 unspecified atom stereocenters. The number of hydrogen-bond acceptors (Lipinski definition) is 5. The van der Waals surface area contributed by atoms with Gasteiger partial charge in [-0.05, 0) is 49.2 Å². The molecule has 29 heavy (non-hydrogen) atoms. The number of esters is 2. The van der Waals surface area contributed by atoms with Crippen LogP contribution in [0.15, 0.2) is 67.0 Å². The van der Waals surface area contributed by atoms with Crippen LogP contribution in [-0.4, -0.2) is 18.7 Å². The smallest absolute Gasteiger partial charge is 0.347 e. The Labute approximate surface area is 169 Å². The fraction of sp³-hybridized carbons (Fsp3) is 0.174. The summed E-state index contributed by atoms with van der Waals surface area (Å²) in [4.78, 5) is 24.6. The van der Waals surface area contributed by atoms with E-state index < -0.39 is 18.7 Å². The van der Waals surface area contributed by atoms with Crippen LogP contribution in [-0.2, 0) is 16.5 Å². The molecule has 1 N–H and O–H groups in total. The summed E-state index contributed by atoms with van der Waals surface area (Å²) in [5, 5.41) is 3.28. The largest absolute Gasteiger partial charge is 0.424 e. The van der Waals surface area contributed by atoms with E-state index in [-0.39, 0.29) is 0 Å². The first-order valence-corrected chi connectivity index (χ1v) is 9.17. The van der Waals surface area contributed by atoms with Crippen molar-refractivity contribution in [3.8, 4) is 0 Å². The molecule has 0 atom stereocenters. The van der Waals surface area contributed by atoms with Crippen molar-refractivity contribution >= 4 is 23.3 Å². The number of rotatable bonds is 6. The molecule has 0 aliphatic carbocycles. The third-order valence-electron chi connectivity index (χ3n) is 4.58. The summed E-state index contributed by atoms with van der Waals surface area (Å²) in [6.45, 7) is 3.58. The lowest BCUT2D eigenvalue weighted by molar-refractivity contribution is -0.671. The van der Waals surface area contributed by atoms with Gasteiger partial charge in [0.25, 0.3) is 0 Å². The Hall–Kier alpha value is -3.67. The second-order valence-corrected chi connectivity index (χ2v) is 6.66. The second-order valence-electron chi connectivity index (χ2n) is 6.66. The zero-order valence-electron chi connectivity index (χ0n) is 16.6. The van der Waals surface area contributed by atoms with E-state index in [1.165, 1.54) is 0 Å². The van der Waals surface area contributed by atoms with Crippen molar-refractivity contribution in [1.82, 2.24) is 0 Å². The third kappa shape index (κ3) is 4.99. The van der Waals surface area contributed by atoms with Gasteiger partial charge in [-0.2, -0.15) is 0 Å². The van der Waals surface area contributed by atoms with Crippen molar-refractivity contribution in [2.24, 2.45) is 7.05 Å². The van der Waals surface area contributed by atoms with Gasteiger partial charge in [-0.15, -0.1) is 0 Å². The van der Waals surface area contributed by atoms with Crippen molar-refractivity contribution < 1.29 is 23.6 Å². The highest BCUT2D eigenvalue weighted by atomic mass is 16.7. The molecule has 0 aliphatic heterocycles. The minimum absolute atomic E-state index is 0.357. The quantitative estimate of drug-likeness (QED) is 0.393. The van der Waals surface area contributed by atoms with Crippen LogP contribution in [0.5, 0.6) is 0 Å². The Morgan fingerprint density at radius 2 is 1.62 bits per heavy atom. The van der Waals surface area contributed by atoms with Gasteiger partial charge in [0, 0.05) is 11.8 Å². The lowest BCUT2D eigenvalue weighted by Gasteiger charge is -2.14. The van der Waals surface area contributed by atoms with Crippen molar-refractivity contribution in [1.29, 1.82) is 0 Å². The molecule has 0 saturated carbocycles. The van der Waals surface area contributed by atoms with Crippen LogP contribution in [0.3, 0.4) is 0 Å². The van der Waals surface area contributed by atoms with E-state index in [1.807, 2.05) is 38.1 Å². The molecule has 3 rings (SSSR count). The highest BCUT2D eigenvalue weighted by Gasteiger charge is 2.16. The number of ether oxygens (including phenoxy) is 2. The standard InChI is InChI=1S/C23H22N2O4/c1-16-8-6-12-20(17(16)2)24-21-11-5-4-10-19(21)23(27)29-15-28-22(26)18-9-7-13-25(3)14-18/h4-14H,15H2,1-3H3/p+1. The van der Waals surface area contributed by atoms with Crippen molar-refractivity contribution in [2.75, 3.05) is 12.1 Å². The first-order valence-electron chi connectivity index (χ1n) is 9.17. The summed E-state index contributed by atoms with van der Waals surface area (Å²) in [6, 6.07) is 16.3. The van der Waals surface area contributed by atoms with Crippen LogP contribution in [0.4, 0.5) is 11.4 Å². The number of hydrogen-bond donors (Lipinski definition) is 1. The molecule has 2 aromatic carbocycles. The lowest BCUT2D eigenvalue weighted by Crippen LogP contribution is -2.28. The van der Waals surface area contributed by atoms with E-state index in [0.717, 1.165) is 16.8 Å². The van der Waals surface area contributed by atoms with E-state index in [4.69, 9.17) is 9.47 Å². The predicted molar refractivity (Wildman–Crippen MR) is 109 cm³/mol. The van der Waals surface area contributed by atoms with Crippen molar-refractivity contribution in [3.05, 3.63) is 89.2 Å². The van der Waals surface area contributed by atoms with Crippen molar-refractivity contribution in [2.45, 2.75) is 13.8 Å². The summed E-state index contributed by atoms with van der Waals surface area (Å²) < 4.78 is 11.9. The molecule has 0 aliphatic rings. The van der Waals surface area contributed by atoms with E-state index in [1.54, 1.807) is 54.3 Å². The minimum Gasteiger partial charge on any atom is -0.424 e. The van der Waals surface area contributed by atoms with Crippen molar-refractivity contribution in [3.63, 3.8) is 0 Å². The van der Waals surface area contributed by atoms with Gasteiger partial charge in [0.2, 0.25) is 6.79 Å². The van der Waals surface area contributed by atoms with Crippen LogP contribution in [0, 0.1) is 13.8 Å². The number of carbonyl (C=O) groups is 2. The van der Waals surface area contributed by atoms with Gasteiger partial charge in [-0.25, -0.2) is 14.2 Å². The number of nitrogens with one attached hydrogen (secondary N) is 1. The zero-order chi connectivity index (χ0) is 20.8. The number of nitrogens with zero attached hydrogens (tertiary/aromatic N) is 1. The summed E-state index contributed by atoms with van der Waals surface area (Å²) in [5.74, 6) is -1.14. The van der Waals surface area contributed by atoms with Gasteiger partial charge in [-0.3, -0.25) is 0 Å². The summed E-state index contributed by atoms with van der Waals surface area (Å²) in [5.41, 5.74) is 4.51. The number of benzene rings is 2. The number of aromatic nitrogens is 1. The highest BCUT2D eigenvalue weighted by molar-refractivity contribution is 5.96. The molecule has 6 heteroatoms. The third-order valence-corrected chi connectivity index (χ3v) is 4.58. The van der Waals surface area contributed by atoms with Crippen LogP contribution >= 0.6 is 0 Å². The Morgan fingerprint density at radius 1 is 0.897 bits per heavy atom. The second kappa shape index (κ2) is 9.01. The van der Waals surface area contributed by atoms with Crippen LogP contribution in [0.2, 0.25) is 0 Å². The lowest BCUT2D eigenvalue weighted by atomic mass is 10.1. The monoisotopic (exact) mass is 391 g/mol. The molecule has 0 amide bonds. The number of aryl methyl sites for hydroxylation is 2. The van der Waals surface area contributed by atoms with Gasteiger partial charge in [0.15, 0.2) is 12.4 Å². The molecule has 148 valence electrons. The zero-order valence-corrected chi connectivity index (χ0v) is 16.6. The molecular formula is C23H23N2O4+. The average Bonchev–Trinajstić information content (AvgIpc) is 2.71. The molecule has 1 aromatic heterocycles. The molecule has 1 heterocycles. The maximum Gasteiger partial charge on any atom is 0.347 e. The summed E-state index contributed by atoms with van der Waals surface area (Å²) in [7, 11) is 1.80. The molecule has 0 spiro atoms. The highest BCUT2D eigenvalue weighted by Crippen LogP contribution is 2.25. The van der Waals surface area contributed by atoms with Gasteiger partial charge >= 0.3 is 11.9 Å². The topological polar surface area (TPSA) is 68.5 Å². The van der Waals surface area contributed by atoms with Crippen LogP contribution in [0.1, 0.15) is 31.8 Å². The number of pyridine rings is 1. The number of para-hydroxylation sites is 1. The molecule has 0 bridgehead atoms. The minimum atomic E-state index is -0.579. The van der Waals surface area contributed by atoms with E-state index in [9.17, 15) is 9.59 Å². The Morgan fingerprint density at radius 3 is 2.41 bits per heavy atom. The molecule has 0 fully saturated rings. The van der Waals surface area contributed by atoms with Crippen LogP contribution < -0.4 is 9.88 Å².